The highest BCUT2D eigenvalue weighted by atomic mass is 16.5. The van der Waals surface area contributed by atoms with Crippen molar-refractivity contribution in [1.29, 1.82) is 0 Å². The van der Waals surface area contributed by atoms with Gasteiger partial charge in [0.1, 0.15) is 18.4 Å². The van der Waals surface area contributed by atoms with Gasteiger partial charge in [-0.25, -0.2) is 4.79 Å². The van der Waals surface area contributed by atoms with E-state index in [4.69, 9.17) is 4.74 Å². The molecule has 5 aromatic carbocycles. The van der Waals surface area contributed by atoms with Crippen LogP contribution in [-0.2, 0) is 17.8 Å². The summed E-state index contributed by atoms with van der Waals surface area (Å²) in [5.41, 5.74) is 5.89. The number of carbonyl (C=O) groups excluding carboxylic acids is 1. The molecule has 0 spiro atoms. The lowest BCUT2D eigenvalue weighted by molar-refractivity contribution is -0.137. The van der Waals surface area contributed by atoms with Gasteiger partial charge in [-0.2, -0.15) is 0 Å². The summed E-state index contributed by atoms with van der Waals surface area (Å²) in [5, 5.41) is 13.1. The smallest absolute Gasteiger partial charge is 0.326 e. The van der Waals surface area contributed by atoms with E-state index in [1.165, 1.54) is 11.1 Å². The van der Waals surface area contributed by atoms with Crippen LogP contribution in [0.3, 0.4) is 0 Å². The van der Waals surface area contributed by atoms with Gasteiger partial charge < -0.3 is 20.1 Å². The molecule has 0 aliphatic heterocycles. The minimum absolute atomic E-state index is 0.163. The number of ether oxygens (including phenoxy) is 1. The fourth-order valence-corrected chi connectivity index (χ4v) is 5.10. The van der Waals surface area contributed by atoms with E-state index in [1.54, 1.807) is 36.4 Å². The number of aryl methyl sites for hydroxylation is 1. The predicted octanol–water partition coefficient (Wildman–Crippen LogP) is 7.42. The first-order valence-corrected chi connectivity index (χ1v) is 14.7. The van der Waals surface area contributed by atoms with Gasteiger partial charge in [-0.3, -0.25) is 4.79 Å². The number of aliphatic carboxylic acids is 1. The third-order valence-electron chi connectivity index (χ3n) is 7.41. The number of carboxylic acid groups (broad SMARTS) is 1. The van der Waals surface area contributed by atoms with E-state index >= 15 is 0 Å². The third-order valence-corrected chi connectivity index (χ3v) is 7.41. The highest BCUT2D eigenvalue weighted by Crippen LogP contribution is 2.23. The predicted molar refractivity (Wildman–Crippen MR) is 176 cm³/mol. The molecule has 0 amide bonds. The molecule has 2 N–H and O–H groups in total. The molecular weight excluding hydrogens is 548 g/mol. The van der Waals surface area contributed by atoms with Crippen LogP contribution in [0.15, 0.2) is 133 Å². The van der Waals surface area contributed by atoms with Crippen molar-refractivity contribution in [1.82, 2.24) is 0 Å². The van der Waals surface area contributed by atoms with E-state index in [2.05, 4.69) is 65.7 Å². The van der Waals surface area contributed by atoms with Crippen LogP contribution in [-0.4, -0.2) is 36.1 Å². The Labute approximate surface area is 258 Å². The van der Waals surface area contributed by atoms with Gasteiger partial charge in [-0.15, -0.1) is 0 Å². The summed E-state index contributed by atoms with van der Waals surface area (Å²) in [5.74, 6) is -0.442. The largest absolute Gasteiger partial charge is 0.492 e. The molecule has 0 aliphatic carbocycles. The monoisotopic (exact) mass is 584 g/mol. The Bertz CT molecular complexity index is 1670. The quantitative estimate of drug-likeness (QED) is 0.132. The van der Waals surface area contributed by atoms with Crippen molar-refractivity contribution in [2.24, 2.45) is 0 Å². The van der Waals surface area contributed by atoms with Crippen LogP contribution in [0.25, 0.3) is 0 Å². The maximum Gasteiger partial charge on any atom is 0.326 e. The van der Waals surface area contributed by atoms with Crippen molar-refractivity contribution in [3.63, 3.8) is 0 Å². The molecule has 5 rings (SSSR count). The van der Waals surface area contributed by atoms with Crippen molar-refractivity contribution < 1.29 is 19.4 Å². The summed E-state index contributed by atoms with van der Waals surface area (Å²) in [6.07, 6.45) is 0.238. The Morgan fingerprint density at radius 3 is 2.16 bits per heavy atom. The van der Waals surface area contributed by atoms with Gasteiger partial charge in [-0.1, -0.05) is 97.1 Å². The van der Waals surface area contributed by atoms with Crippen LogP contribution in [0.1, 0.15) is 32.6 Å². The molecule has 0 aromatic heterocycles. The number of anilines is 2. The van der Waals surface area contributed by atoms with Gasteiger partial charge in [0.2, 0.25) is 0 Å². The zero-order valence-corrected chi connectivity index (χ0v) is 24.7. The fourth-order valence-electron chi connectivity index (χ4n) is 5.10. The molecule has 1 atom stereocenters. The molecule has 0 radical (unpaired) electrons. The average molecular weight is 585 g/mol. The van der Waals surface area contributed by atoms with E-state index in [1.807, 2.05) is 48.5 Å². The van der Waals surface area contributed by atoms with E-state index in [0.717, 1.165) is 23.5 Å². The Balaban J connectivity index is 1.21. The molecule has 44 heavy (non-hydrogen) atoms. The number of rotatable bonds is 14. The minimum Gasteiger partial charge on any atom is -0.492 e. The van der Waals surface area contributed by atoms with Crippen molar-refractivity contribution >= 4 is 23.1 Å². The standard InChI is InChI=1S/C38H36N2O4/c1-28-11-10-16-32(25-28)40(27-30-12-4-2-5-13-30)23-24-44-33-21-19-29(20-22-33)26-36(38(42)43)39-35-18-9-8-17-34(35)37(41)31-14-6-3-7-15-31/h2-22,25,36,39H,23-24,26-27H2,1H3,(H,42,43). The maximum atomic E-state index is 13.1. The molecule has 0 saturated carbocycles. The molecule has 1 unspecified atom stereocenters. The minimum atomic E-state index is -0.998. The first-order valence-electron chi connectivity index (χ1n) is 14.7. The van der Waals surface area contributed by atoms with E-state index in [-0.39, 0.29) is 12.2 Å². The maximum absolute atomic E-state index is 13.1. The fraction of sp³-hybridized carbons (Fsp3) is 0.158. The lowest BCUT2D eigenvalue weighted by Crippen LogP contribution is -2.32. The summed E-state index contributed by atoms with van der Waals surface area (Å²) < 4.78 is 6.10. The molecule has 6 nitrogen and oxygen atoms in total. The molecule has 0 aliphatic rings. The number of carbonyl (C=O) groups is 2. The van der Waals surface area contributed by atoms with E-state index in [9.17, 15) is 14.7 Å². The number of nitrogens with one attached hydrogen (secondary N) is 1. The molecule has 0 bridgehead atoms. The lowest BCUT2D eigenvalue weighted by Gasteiger charge is -2.25. The number of carboxylic acids is 1. The van der Waals surface area contributed by atoms with Crippen LogP contribution in [0, 0.1) is 6.92 Å². The Morgan fingerprint density at radius 1 is 0.773 bits per heavy atom. The Morgan fingerprint density at radius 2 is 1.45 bits per heavy atom. The van der Waals surface area contributed by atoms with Gasteiger partial charge in [-0.05, 0) is 60.0 Å². The summed E-state index contributed by atoms with van der Waals surface area (Å²) in [4.78, 5) is 27.7. The topological polar surface area (TPSA) is 78.9 Å². The molecule has 0 fully saturated rings. The first-order chi connectivity index (χ1) is 21.5. The van der Waals surface area contributed by atoms with E-state index < -0.39 is 12.0 Å². The number of para-hydroxylation sites is 1. The molecular formula is C38H36N2O4. The van der Waals surface area contributed by atoms with Crippen molar-refractivity contribution in [2.45, 2.75) is 25.9 Å². The van der Waals surface area contributed by atoms with Gasteiger partial charge in [0.15, 0.2) is 5.78 Å². The number of nitrogens with zero attached hydrogens (tertiary/aromatic N) is 1. The molecule has 0 saturated heterocycles. The zero-order chi connectivity index (χ0) is 30.7. The lowest BCUT2D eigenvalue weighted by atomic mass is 10.00. The van der Waals surface area contributed by atoms with Crippen LogP contribution in [0.2, 0.25) is 0 Å². The van der Waals surface area contributed by atoms with Gasteiger partial charge >= 0.3 is 5.97 Å². The van der Waals surface area contributed by atoms with Crippen molar-refractivity contribution in [3.05, 3.63) is 161 Å². The summed E-state index contributed by atoms with van der Waals surface area (Å²) in [7, 11) is 0. The highest BCUT2D eigenvalue weighted by Gasteiger charge is 2.21. The Hall–Kier alpha value is -5.36. The van der Waals surface area contributed by atoms with Crippen LogP contribution in [0.5, 0.6) is 5.75 Å². The second-order valence-electron chi connectivity index (χ2n) is 10.7. The summed E-state index contributed by atoms with van der Waals surface area (Å²) in [6, 6.07) is 41.4. The zero-order valence-electron chi connectivity index (χ0n) is 24.7. The van der Waals surface area contributed by atoms with Crippen LogP contribution in [0.4, 0.5) is 11.4 Å². The third kappa shape index (κ3) is 8.13. The number of hydrogen-bond acceptors (Lipinski definition) is 5. The van der Waals surface area contributed by atoms with Gasteiger partial charge in [0, 0.05) is 35.5 Å². The first kappa shape index (κ1) is 30.1. The van der Waals surface area contributed by atoms with E-state index in [0.29, 0.717) is 30.0 Å². The van der Waals surface area contributed by atoms with Gasteiger partial charge in [0.05, 0.1) is 6.54 Å². The second-order valence-corrected chi connectivity index (χ2v) is 10.7. The summed E-state index contributed by atoms with van der Waals surface area (Å²) >= 11 is 0. The van der Waals surface area contributed by atoms with Gasteiger partial charge in [0.25, 0.3) is 0 Å². The molecule has 5 aromatic rings. The average Bonchev–Trinajstić information content (AvgIpc) is 3.05. The molecule has 0 heterocycles. The van der Waals surface area contributed by atoms with Crippen molar-refractivity contribution in [3.8, 4) is 5.75 Å². The van der Waals surface area contributed by atoms with Crippen LogP contribution >= 0.6 is 0 Å². The highest BCUT2D eigenvalue weighted by molar-refractivity contribution is 6.12. The normalized spacial score (nSPS) is 11.4. The number of hydrogen-bond donors (Lipinski definition) is 2. The second kappa shape index (κ2) is 14.7. The summed E-state index contributed by atoms with van der Waals surface area (Å²) in [6.45, 7) is 4.06. The number of ketones is 1. The molecule has 6 heteroatoms. The van der Waals surface area contributed by atoms with Crippen LogP contribution < -0.4 is 15.0 Å². The van der Waals surface area contributed by atoms with Crippen molar-refractivity contribution in [2.75, 3.05) is 23.4 Å². The Kier molecular flexibility index (Phi) is 10.1. The number of benzene rings is 5. The SMILES string of the molecule is Cc1cccc(N(CCOc2ccc(CC(Nc3ccccc3C(=O)c3ccccc3)C(=O)O)cc2)Cc2ccccc2)c1. The molecule has 222 valence electrons.